The van der Waals surface area contributed by atoms with E-state index in [2.05, 4.69) is 4.98 Å². The first-order valence-corrected chi connectivity index (χ1v) is 8.69. The number of hydrogen-bond acceptors (Lipinski definition) is 5. The van der Waals surface area contributed by atoms with Crippen molar-refractivity contribution in [1.29, 1.82) is 0 Å². The van der Waals surface area contributed by atoms with Crippen LogP contribution in [0.5, 0.6) is 0 Å². The molecule has 3 rings (SSSR count). The molecule has 1 amide bonds. The van der Waals surface area contributed by atoms with Gasteiger partial charge in [-0.1, -0.05) is 6.07 Å². The van der Waals surface area contributed by atoms with E-state index in [1.54, 1.807) is 11.3 Å². The van der Waals surface area contributed by atoms with Gasteiger partial charge < -0.3 is 10.0 Å². The van der Waals surface area contributed by atoms with E-state index in [4.69, 9.17) is 0 Å². The minimum absolute atomic E-state index is 0.0447. The summed E-state index contributed by atoms with van der Waals surface area (Å²) in [4.78, 5) is 20.8. The van der Waals surface area contributed by atoms with Crippen molar-refractivity contribution in [2.24, 2.45) is 0 Å². The minimum Gasteiger partial charge on any atom is -0.390 e. The van der Waals surface area contributed by atoms with Crippen LogP contribution < -0.4 is 0 Å². The van der Waals surface area contributed by atoms with Crippen LogP contribution in [-0.2, 0) is 0 Å². The zero-order valence-electron chi connectivity index (χ0n) is 12.1. The van der Waals surface area contributed by atoms with Crippen molar-refractivity contribution in [2.45, 2.75) is 32.3 Å². The summed E-state index contributed by atoms with van der Waals surface area (Å²) in [6.45, 7) is 4.94. The standard InChI is InChI=1S/C15H18N2O2S2/c1-10-12(21-13(16-10)11-4-3-9-20-11)14(18)17-7-5-15(2,19)6-8-17/h3-4,9,19H,5-8H2,1-2H3. The van der Waals surface area contributed by atoms with Crippen LogP contribution in [0.2, 0.25) is 0 Å². The summed E-state index contributed by atoms with van der Waals surface area (Å²) in [5.74, 6) is 0.0447. The lowest BCUT2D eigenvalue weighted by molar-refractivity contribution is -0.00190. The first kappa shape index (κ1) is 14.7. The highest BCUT2D eigenvalue weighted by Gasteiger charge is 2.31. The van der Waals surface area contributed by atoms with E-state index < -0.39 is 5.60 Å². The number of piperidine rings is 1. The van der Waals surface area contributed by atoms with Crippen molar-refractivity contribution in [1.82, 2.24) is 9.88 Å². The number of nitrogens with zero attached hydrogens (tertiary/aromatic N) is 2. The zero-order valence-corrected chi connectivity index (χ0v) is 13.8. The molecule has 0 unspecified atom stereocenters. The highest BCUT2D eigenvalue weighted by molar-refractivity contribution is 7.22. The maximum absolute atomic E-state index is 12.6. The van der Waals surface area contributed by atoms with Crippen molar-refractivity contribution in [3.8, 4) is 9.88 Å². The first-order chi connectivity index (χ1) is 9.96. The Morgan fingerprint density at radius 1 is 1.43 bits per heavy atom. The Morgan fingerprint density at radius 2 is 2.14 bits per heavy atom. The van der Waals surface area contributed by atoms with Crippen molar-refractivity contribution in [3.05, 3.63) is 28.1 Å². The minimum atomic E-state index is -0.637. The topological polar surface area (TPSA) is 53.4 Å². The summed E-state index contributed by atoms with van der Waals surface area (Å²) >= 11 is 3.10. The quantitative estimate of drug-likeness (QED) is 0.924. The molecular formula is C15H18N2O2S2. The number of likely N-dealkylation sites (tertiary alicyclic amines) is 1. The molecule has 1 saturated heterocycles. The molecule has 1 aliphatic heterocycles. The van der Waals surface area contributed by atoms with Gasteiger partial charge in [0.2, 0.25) is 0 Å². The molecule has 0 spiro atoms. The van der Waals surface area contributed by atoms with E-state index in [9.17, 15) is 9.90 Å². The average Bonchev–Trinajstić information content (AvgIpc) is 3.07. The van der Waals surface area contributed by atoms with Crippen LogP contribution in [0.3, 0.4) is 0 Å². The molecule has 0 atom stereocenters. The van der Waals surface area contributed by atoms with Gasteiger partial charge in [-0.05, 0) is 38.1 Å². The van der Waals surface area contributed by atoms with Gasteiger partial charge in [0, 0.05) is 13.1 Å². The molecule has 21 heavy (non-hydrogen) atoms. The van der Waals surface area contributed by atoms with Gasteiger partial charge in [-0.25, -0.2) is 4.98 Å². The number of amides is 1. The molecule has 1 N–H and O–H groups in total. The molecule has 0 aliphatic carbocycles. The van der Waals surface area contributed by atoms with Crippen LogP contribution >= 0.6 is 22.7 Å². The van der Waals surface area contributed by atoms with Gasteiger partial charge in [0.15, 0.2) is 0 Å². The fourth-order valence-electron chi connectivity index (χ4n) is 2.44. The number of aliphatic hydroxyl groups is 1. The highest BCUT2D eigenvalue weighted by atomic mass is 32.1. The summed E-state index contributed by atoms with van der Waals surface area (Å²) in [6, 6.07) is 4.01. The molecule has 3 heterocycles. The SMILES string of the molecule is Cc1nc(-c2cccs2)sc1C(=O)N1CCC(C)(O)CC1. The van der Waals surface area contributed by atoms with Gasteiger partial charge >= 0.3 is 0 Å². The summed E-state index contributed by atoms with van der Waals surface area (Å²) in [5.41, 5.74) is 0.160. The number of hydrogen-bond donors (Lipinski definition) is 1. The molecule has 1 fully saturated rings. The van der Waals surface area contributed by atoms with Gasteiger partial charge in [-0.15, -0.1) is 22.7 Å². The number of carbonyl (C=O) groups is 1. The molecule has 4 nitrogen and oxygen atoms in total. The maximum Gasteiger partial charge on any atom is 0.265 e. The maximum atomic E-state index is 12.6. The summed E-state index contributed by atoms with van der Waals surface area (Å²) in [7, 11) is 0. The molecule has 0 radical (unpaired) electrons. The van der Waals surface area contributed by atoms with E-state index in [1.807, 2.05) is 36.3 Å². The van der Waals surface area contributed by atoms with Crippen molar-refractivity contribution < 1.29 is 9.90 Å². The number of aryl methyl sites for hydroxylation is 1. The fraction of sp³-hybridized carbons (Fsp3) is 0.467. The lowest BCUT2D eigenvalue weighted by Gasteiger charge is -2.35. The fourth-order valence-corrected chi connectivity index (χ4v) is 4.27. The average molecular weight is 322 g/mol. The van der Waals surface area contributed by atoms with Gasteiger partial charge in [0.05, 0.1) is 16.2 Å². The van der Waals surface area contributed by atoms with Gasteiger partial charge in [-0.3, -0.25) is 4.79 Å². The Kier molecular flexibility index (Phi) is 3.86. The van der Waals surface area contributed by atoms with Crippen molar-refractivity contribution in [2.75, 3.05) is 13.1 Å². The zero-order chi connectivity index (χ0) is 15.0. The number of thiophene rings is 1. The largest absolute Gasteiger partial charge is 0.390 e. The second-order valence-corrected chi connectivity index (χ2v) is 7.65. The van der Waals surface area contributed by atoms with Crippen LogP contribution in [0.4, 0.5) is 0 Å². The lowest BCUT2D eigenvalue weighted by Crippen LogP contribution is -2.45. The van der Waals surface area contributed by atoms with E-state index in [-0.39, 0.29) is 5.91 Å². The summed E-state index contributed by atoms with van der Waals surface area (Å²) in [6.07, 6.45) is 1.27. The van der Waals surface area contributed by atoms with Crippen LogP contribution in [0, 0.1) is 6.92 Å². The smallest absolute Gasteiger partial charge is 0.265 e. The van der Waals surface area contributed by atoms with Gasteiger partial charge in [0.1, 0.15) is 9.88 Å². The molecule has 2 aromatic rings. The number of aromatic nitrogens is 1. The second kappa shape index (κ2) is 5.51. The molecule has 1 aliphatic rings. The summed E-state index contributed by atoms with van der Waals surface area (Å²) < 4.78 is 0. The van der Waals surface area contributed by atoms with Crippen LogP contribution in [0.25, 0.3) is 9.88 Å². The molecule has 0 saturated carbocycles. The molecule has 112 valence electrons. The Morgan fingerprint density at radius 3 is 2.76 bits per heavy atom. The third kappa shape index (κ3) is 3.02. The van der Waals surface area contributed by atoms with Crippen LogP contribution in [0.1, 0.15) is 35.1 Å². The summed E-state index contributed by atoms with van der Waals surface area (Å²) in [5, 5.41) is 12.9. The Balaban J connectivity index is 1.79. The number of thiazole rings is 1. The van der Waals surface area contributed by atoms with Crippen LogP contribution in [0.15, 0.2) is 17.5 Å². The van der Waals surface area contributed by atoms with Gasteiger partial charge in [0.25, 0.3) is 5.91 Å². The molecule has 0 aromatic carbocycles. The monoisotopic (exact) mass is 322 g/mol. The van der Waals surface area contributed by atoms with E-state index in [1.165, 1.54) is 11.3 Å². The van der Waals surface area contributed by atoms with E-state index in [0.29, 0.717) is 25.9 Å². The first-order valence-electron chi connectivity index (χ1n) is 6.99. The second-order valence-electron chi connectivity index (χ2n) is 5.70. The van der Waals surface area contributed by atoms with Gasteiger partial charge in [-0.2, -0.15) is 0 Å². The Hall–Kier alpha value is -1.24. The third-order valence-electron chi connectivity index (χ3n) is 3.85. The predicted molar refractivity (Wildman–Crippen MR) is 85.9 cm³/mol. The predicted octanol–water partition coefficient (Wildman–Crippen LogP) is 3.17. The van der Waals surface area contributed by atoms with Crippen molar-refractivity contribution in [3.63, 3.8) is 0 Å². The van der Waals surface area contributed by atoms with E-state index >= 15 is 0 Å². The third-order valence-corrected chi connectivity index (χ3v) is 6.04. The molecule has 0 bridgehead atoms. The number of carbonyl (C=O) groups excluding carboxylic acids is 1. The molecular weight excluding hydrogens is 304 g/mol. The van der Waals surface area contributed by atoms with Crippen LogP contribution in [-0.4, -0.2) is 39.6 Å². The Bertz CT molecular complexity index is 637. The molecule has 2 aromatic heterocycles. The lowest BCUT2D eigenvalue weighted by atomic mass is 9.94. The molecule has 6 heteroatoms. The normalized spacial score (nSPS) is 18.0. The van der Waals surface area contributed by atoms with E-state index in [0.717, 1.165) is 20.5 Å². The van der Waals surface area contributed by atoms with Crippen molar-refractivity contribution >= 4 is 28.6 Å². The Labute approximate surface area is 132 Å². The number of rotatable bonds is 2. The highest BCUT2D eigenvalue weighted by Crippen LogP contribution is 2.32.